The van der Waals surface area contributed by atoms with Gasteiger partial charge in [0.2, 0.25) is 11.8 Å². The number of methoxy groups -OCH3 is 1. The largest absolute Gasteiger partial charge is 0.477 e. The van der Waals surface area contributed by atoms with Gasteiger partial charge >= 0.3 is 12.1 Å². The summed E-state index contributed by atoms with van der Waals surface area (Å²) in [6.07, 6.45) is 4.64. The Kier molecular flexibility index (Phi) is 9.38. The van der Waals surface area contributed by atoms with Crippen molar-refractivity contribution in [1.82, 2.24) is 29.2 Å². The second kappa shape index (κ2) is 13.1. The first kappa shape index (κ1) is 32.3. The summed E-state index contributed by atoms with van der Waals surface area (Å²) in [5.74, 6) is 0.612. The van der Waals surface area contributed by atoms with Crippen molar-refractivity contribution in [2.75, 3.05) is 26.0 Å². The van der Waals surface area contributed by atoms with Crippen molar-refractivity contribution >= 4 is 45.0 Å². The molecule has 2 N–H and O–H groups in total. The van der Waals surface area contributed by atoms with Gasteiger partial charge in [0.05, 0.1) is 54.3 Å². The van der Waals surface area contributed by atoms with Crippen LogP contribution in [0.5, 0.6) is 5.88 Å². The molecule has 0 bridgehead atoms. The molecule has 4 aromatic rings. The highest BCUT2D eigenvalue weighted by Gasteiger charge is 2.29. The van der Waals surface area contributed by atoms with E-state index >= 15 is 0 Å². The summed E-state index contributed by atoms with van der Waals surface area (Å²) in [5, 5.41) is 4.36. The molecule has 0 fully saturated rings. The smallest absolute Gasteiger partial charge is 0.410 e. The Hall–Kier alpha value is -4.13. The highest BCUT2D eigenvalue weighted by Crippen LogP contribution is 2.35. The van der Waals surface area contributed by atoms with Crippen molar-refractivity contribution in [3.8, 4) is 17.1 Å². The molecule has 0 saturated carbocycles. The number of aryl methyl sites for hydroxylation is 3. The molecule has 0 spiro atoms. The third-order valence-electron chi connectivity index (χ3n) is 7.66. The maximum Gasteiger partial charge on any atom is 0.410 e. The van der Waals surface area contributed by atoms with E-state index in [2.05, 4.69) is 35.6 Å². The lowest BCUT2D eigenvalue weighted by molar-refractivity contribution is 0.0224. The van der Waals surface area contributed by atoms with Crippen LogP contribution in [0.1, 0.15) is 67.2 Å². The average Bonchev–Trinajstić information content (AvgIpc) is 3.51. The van der Waals surface area contributed by atoms with E-state index in [4.69, 9.17) is 19.9 Å². The summed E-state index contributed by atoms with van der Waals surface area (Å²) in [4.78, 5) is 36.0. The zero-order valence-corrected chi connectivity index (χ0v) is 28.2. The number of anilines is 1. The van der Waals surface area contributed by atoms with Gasteiger partial charge in [0.25, 0.3) is 0 Å². The first-order chi connectivity index (χ1) is 21.4. The highest BCUT2D eigenvalue weighted by atomic mass is 79.9. The van der Waals surface area contributed by atoms with Crippen molar-refractivity contribution in [3.05, 3.63) is 51.3 Å². The molecule has 1 aromatic carbocycles. The van der Waals surface area contributed by atoms with Crippen LogP contribution in [0, 0.1) is 6.92 Å². The van der Waals surface area contributed by atoms with Gasteiger partial charge in [0.1, 0.15) is 5.60 Å². The Morgan fingerprint density at radius 2 is 1.87 bits per heavy atom. The monoisotopic (exact) mass is 681 g/mol. The molecule has 0 aliphatic carbocycles. The lowest BCUT2D eigenvalue weighted by Crippen LogP contribution is -2.40. The van der Waals surface area contributed by atoms with E-state index in [1.54, 1.807) is 27.9 Å². The van der Waals surface area contributed by atoms with Gasteiger partial charge in [-0.05, 0) is 77.1 Å². The summed E-state index contributed by atoms with van der Waals surface area (Å²) >= 11 is 3.71. The number of pyridine rings is 1. The summed E-state index contributed by atoms with van der Waals surface area (Å²) in [6, 6.07) is 5.39. The number of nitrogens with zero attached hydrogens (tertiary/aromatic N) is 6. The number of aromatic nitrogens is 5. The number of rotatable bonds is 9. The fourth-order valence-electron chi connectivity index (χ4n) is 5.60. The molecular weight excluding hydrogens is 642 g/mol. The third kappa shape index (κ3) is 7.08. The maximum atomic E-state index is 12.9. The second-order valence-electron chi connectivity index (χ2n) is 12.2. The zero-order chi connectivity index (χ0) is 32.5. The van der Waals surface area contributed by atoms with Crippen LogP contribution in [0.2, 0.25) is 0 Å². The Morgan fingerprint density at radius 1 is 1.09 bits per heavy atom. The van der Waals surface area contributed by atoms with E-state index in [-0.39, 0.29) is 6.09 Å². The van der Waals surface area contributed by atoms with Crippen LogP contribution in [0.4, 0.5) is 10.7 Å². The highest BCUT2D eigenvalue weighted by molar-refractivity contribution is 9.10. The number of carbonyl (C=O) groups is 2. The molecule has 240 valence electrons. The molecule has 1 aliphatic rings. The normalized spacial score (nSPS) is 13.2. The lowest BCUT2D eigenvalue weighted by Gasteiger charge is -2.32. The summed E-state index contributed by atoms with van der Waals surface area (Å²) in [7, 11) is 3.17. The van der Waals surface area contributed by atoms with Gasteiger partial charge in [-0.2, -0.15) is 5.10 Å². The van der Waals surface area contributed by atoms with E-state index in [0.29, 0.717) is 67.0 Å². The molecule has 0 radical (unpaired) electrons. The van der Waals surface area contributed by atoms with Crippen molar-refractivity contribution in [1.29, 1.82) is 0 Å². The van der Waals surface area contributed by atoms with Gasteiger partial charge in [-0.1, -0.05) is 15.9 Å². The first-order valence-corrected chi connectivity index (χ1v) is 15.8. The average molecular weight is 683 g/mol. The molecule has 13 heteroatoms. The molecule has 0 saturated heterocycles. The van der Waals surface area contributed by atoms with Crippen molar-refractivity contribution in [3.63, 3.8) is 0 Å². The van der Waals surface area contributed by atoms with Gasteiger partial charge < -0.3 is 29.4 Å². The third-order valence-corrected chi connectivity index (χ3v) is 8.37. The summed E-state index contributed by atoms with van der Waals surface area (Å²) in [5.41, 5.74) is 12.3. The van der Waals surface area contributed by atoms with E-state index < -0.39 is 11.6 Å². The molecule has 12 nitrogen and oxygen atoms in total. The van der Waals surface area contributed by atoms with Crippen LogP contribution in [0.15, 0.2) is 28.9 Å². The quantitative estimate of drug-likeness (QED) is 0.171. The Balaban J connectivity index is 1.24. The van der Waals surface area contributed by atoms with Gasteiger partial charge in [0.15, 0.2) is 0 Å². The zero-order valence-electron chi connectivity index (χ0n) is 26.6. The number of nitrogen functional groups attached to an aromatic ring is 1. The van der Waals surface area contributed by atoms with Gasteiger partial charge in [-0.3, -0.25) is 4.98 Å². The second-order valence-corrected chi connectivity index (χ2v) is 13.1. The van der Waals surface area contributed by atoms with E-state index in [1.165, 1.54) is 12.7 Å². The van der Waals surface area contributed by atoms with Gasteiger partial charge in [0, 0.05) is 35.9 Å². The van der Waals surface area contributed by atoms with Crippen molar-refractivity contribution in [2.45, 2.75) is 72.1 Å². The number of imidazole rings is 1. The lowest BCUT2D eigenvalue weighted by atomic mass is 9.98. The molecule has 3 aromatic heterocycles. The number of hydrogen-bond acceptors (Lipinski definition) is 9. The Morgan fingerprint density at radius 3 is 2.60 bits per heavy atom. The molecule has 5 rings (SSSR count). The molecule has 1 amide bonds. The predicted molar refractivity (Wildman–Crippen MR) is 174 cm³/mol. The number of ether oxygens (including phenoxy) is 3. The van der Waals surface area contributed by atoms with Crippen LogP contribution < -0.4 is 10.5 Å². The fraction of sp³-hybridized carbons (Fsp3) is 0.469. The number of carbonyl (C=O) groups excluding carboxylic acids is 2. The van der Waals surface area contributed by atoms with E-state index in [1.807, 2.05) is 40.8 Å². The number of unbranched alkanes of at least 4 members (excludes halogenated alkanes) is 2. The minimum Gasteiger partial charge on any atom is -0.477 e. The number of benzene rings is 1. The number of hydrogen-bond donors (Lipinski definition) is 1. The van der Waals surface area contributed by atoms with Crippen molar-refractivity contribution < 1.29 is 23.8 Å². The van der Waals surface area contributed by atoms with Crippen LogP contribution in [-0.2, 0) is 36.0 Å². The first-order valence-electron chi connectivity index (χ1n) is 15.0. The number of esters is 1. The minimum atomic E-state index is -0.566. The van der Waals surface area contributed by atoms with Gasteiger partial charge in [-0.15, -0.1) is 0 Å². The van der Waals surface area contributed by atoms with Crippen LogP contribution in [0.3, 0.4) is 0 Å². The molecule has 0 atom stereocenters. The number of fused-ring (bicyclic) bond motifs is 3. The molecule has 4 heterocycles. The number of amides is 1. The Bertz CT molecular complexity index is 1740. The topological polar surface area (TPSA) is 140 Å². The number of nitrogens with two attached hydrogens (primary N) is 1. The standard InChI is InChI=1S/C32H40BrN7O5/c1-19-14-20(29(41)43-6)15-25(36-19)22-17-35-38(5)28(22)44-13-9-7-8-11-40-27-23-18-39(31(42)45-32(2,3)4)12-10-21(23)24(33)16-26(27)37-30(40)34/h14-17H,7-13,18H2,1-6H3,(H2,34,37). The van der Waals surface area contributed by atoms with Crippen molar-refractivity contribution in [2.24, 2.45) is 7.05 Å². The Labute approximate surface area is 271 Å². The summed E-state index contributed by atoms with van der Waals surface area (Å²) in [6.45, 7) is 9.63. The SMILES string of the molecule is COC(=O)c1cc(C)nc(-c2cnn(C)c2OCCCCCn2c(N)nc3cc(Br)c4c(c32)CN(C(=O)OC(C)(C)C)CC4)c1. The predicted octanol–water partition coefficient (Wildman–Crippen LogP) is 5.81. The van der Waals surface area contributed by atoms with Crippen LogP contribution >= 0.6 is 15.9 Å². The molecule has 1 aliphatic heterocycles. The number of halogens is 1. The fourth-order valence-corrected chi connectivity index (χ4v) is 6.26. The maximum absolute atomic E-state index is 12.9. The molecular formula is C32H40BrN7O5. The van der Waals surface area contributed by atoms with E-state index in [0.717, 1.165) is 40.3 Å². The minimum absolute atomic E-state index is 0.320. The van der Waals surface area contributed by atoms with Gasteiger partial charge in [-0.25, -0.2) is 19.3 Å². The molecule has 45 heavy (non-hydrogen) atoms. The van der Waals surface area contributed by atoms with Crippen LogP contribution in [-0.4, -0.2) is 67.1 Å². The van der Waals surface area contributed by atoms with E-state index in [9.17, 15) is 9.59 Å². The van der Waals surface area contributed by atoms with Crippen LogP contribution in [0.25, 0.3) is 22.3 Å². The summed E-state index contributed by atoms with van der Waals surface area (Å²) < 4.78 is 21.4. The molecule has 0 unspecified atom stereocenters.